The summed E-state index contributed by atoms with van der Waals surface area (Å²) < 4.78 is 0. The lowest BCUT2D eigenvalue weighted by molar-refractivity contribution is -0.118. The monoisotopic (exact) mass is 362 g/mol. The van der Waals surface area contributed by atoms with Gasteiger partial charge in [0.15, 0.2) is 5.78 Å². The molecule has 0 saturated carbocycles. The summed E-state index contributed by atoms with van der Waals surface area (Å²) in [5.41, 5.74) is 5.17. The van der Waals surface area contributed by atoms with Crippen molar-refractivity contribution in [2.45, 2.75) is 39.0 Å². The van der Waals surface area contributed by atoms with Crippen LogP contribution in [0.2, 0.25) is 0 Å². The highest BCUT2D eigenvalue weighted by Gasteiger charge is 2.26. The molecule has 2 aliphatic heterocycles. The fourth-order valence-corrected chi connectivity index (χ4v) is 4.17. The van der Waals surface area contributed by atoms with Crippen LogP contribution in [-0.2, 0) is 11.2 Å². The van der Waals surface area contributed by atoms with E-state index in [9.17, 15) is 9.59 Å². The van der Waals surface area contributed by atoms with Gasteiger partial charge in [-0.15, -0.1) is 0 Å². The molecule has 1 saturated heterocycles. The molecule has 0 atom stereocenters. The predicted molar refractivity (Wildman–Crippen MR) is 109 cm³/mol. The van der Waals surface area contributed by atoms with Gasteiger partial charge in [0.2, 0.25) is 5.91 Å². The van der Waals surface area contributed by atoms with E-state index >= 15 is 0 Å². The molecule has 140 valence electrons. The molecule has 2 aromatic carbocycles. The Morgan fingerprint density at radius 3 is 2.52 bits per heavy atom. The zero-order valence-corrected chi connectivity index (χ0v) is 15.9. The van der Waals surface area contributed by atoms with Gasteiger partial charge in [0, 0.05) is 49.4 Å². The zero-order valence-electron chi connectivity index (χ0n) is 15.9. The highest BCUT2D eigenvalue weighted by atomic mass is 16.2. The average Bonchev–Trinajstić information content (AvgIpc) is 3.35. The van der Waals surface area contributed by atoms with Gasteiger partial charge in [0.1, 0.15) is 0 Å². The summed E-state index contributed by atoms with van der Waals surface area (Å²) in [4.78, 5) is 29.6. The number of anilines is 2. The predicted octanol–water partition coefficient (Wildman–Crippen LogP) is 4.15. The van der Waals surface area contributed by atoms with Crippen LogP contribution >= 0.6 is 0 Å². The van der Waals surface area contributed by atoms with E-state index < -0.39 is 0 Å². The summed E-state index contributed by atoms with van der Waals surface area (Å²) in [5, 5.41) is 0. The van der Waals surface area contributed by atoms with Crippen LogP contribution in [0.5, 0.6) is 0 Å². The number of amides is 1. The molecule has 27 heavy (non-hydrogen) atoms. The van der Waals surface area contributed by atoms with E-state index in [0.717, 1.165) is 42.9 Å². The second-order valence-corrected chi connectivity index (χ2v) is 7.54. The molecule has 2 aromatic rings. The van der Waals surface area contributed by atoms with Crippen LogP contribution in [0.4, 0.5) is 11.4 Å². The number of rotatable bonds is 5. The van der Waals surface area contributed by atoms with Gasteiger partial charge < -0.3 is 9.80 Å². The number of ketones is 1. The summed E-state index contributed by atoms with van der Waals surface area (Å²) in [6.07, 6.45) is 3.90. The van der Waals surface area contributed by atoms with Crippen LogP contribution in [0, 0.1) is 6.92 Å². The number of Topliss-reactive ketones (excluding diaryl/α,β-unsaturated/α-hetero) is 1. The maximum Gasteiger partial charge on any atom is 0.227 e. The minimum atomic E-state index is 0.0479. The molecule has 4 rings (SSSR count). The van der Waals surface area contributed by atoms with Crippen LogP contribution in [0.3, 0.4) is 0 Å². The number of carbonyl (C=O) groups excluding carboxylic acids is 2. The molecule has 0 aromatic heterocycles. The Balaban J connectivity index is 1.44. The Labute approximate surface area is 160 Å². The van der Waals surface area contributed by atoms with Crippen LogP contribution in [-0.4, -0.2) is 31.3 Å². The SMILES string of the molecule is Cc1ccccc1C(=O)CCC(=O)N1CCc2ccc(N3CCCC3)cc21. The molecule has 0 spiro atoms. The fraction of sp³-hybridized carbons (Fsp3) is 0.391. The highest BCUT2D eigenvalue weighted by molar-refractivity contribution is 6.02. The maximum absolute atomic E-state index is 12.8. The van der Waals surface area contributed by atoms with Crippen molar-refractivity contribution in [3.63, 3.8) is 0 Å². The number of hydrogen-bond donors (Lipinski definition) is 0. The lowest BCUT2D eigenvalue weighted by Crippen LogP contribution is -2.29. The first-order valence-electron chi connectivity index (χ1n) is 9.90. The fourth-order valence-electron chi connectivity index (χ4n) is 4.17. The molecule has 4 heteroatoms. The Morgan fingerprint density at radius 1 is 0.963 bits per heavy atom. The van der Waals surface area contributed by atoms with E-state index in [1.54, 1.807) is 0 Å². The van der Waals surface area contributed by atoms with E-state index in [1.165, 1.54) is 24.1 Å². The van der Waals surface area contributed by atoms with Crippen molar-refractivity contribution >= 4 is 23.1 Å². The van der Waals surface area contributed by atoms with Gasteiger partial charge in [0.05, 0.1) is 0 Å². The smallest absolute Gasteiger partial charge is 0.227 e. The summed E-state index contributed by atoms with van der Waals surface area (Å²) in [6.45, 7) is 4.84. The van der Waals surface area contributed by atoms with E-state index in [4.69, 9.17) is 0 Å². The summed E-state index contributed by atoms with van der Waals surface area (Å²) in [7, 11) is 0. The normalized spacial score (nSPS) is 15.9. The van der Waals surface area contributed by atoms with E-state index in [0.29, 0.717) is 0 Å². The van der Waals surface area contributed by atoms with Crippen molar-refractivity contribution in [2.24, 2.45) is 0 Å². The molecule has 0 bridgehead atoms. The number of hydrogen-bond acceptors (Lipinski definition) is 3. The lowest BCUT2D eigenvalue weighted by Gasteiger charge is -2.22. The van der Waals surface area contributed by atoms with Crippen LogP contribution in [0.1, 0.15) is 47.2 Å². The number of benzene rings is 2. The average molecular weight is 362 g/mol. The van der Waals surface area contributed by atoms with Crippen molar-refractivity contribution in [3.8, 4) is 0 Å². The van der Waals surface area contributed by atoms with Crippen LogP contribution in [0.25, 0.3) is 0 Å². The first-order valence-corrected chi connectivity index (χ1v) is 9.90. The van der Waals surface area contributed by atoms with Crippen molar-refractivity contribution in [2.75, 3.05) is 29.4 Å². The Bertz CT molecular complexity index is 868. The zero-order chi connectivity index (χ0) is 18.8. The number of fused-ring (bicyclic) bond motifs is 1. The first kappa shape index (κ1) is 17.8. The lowest BCUT2D eigenvalue weighted by atomic mass is 10.0. The molecule has 0 aliphatic carbocycles. The van der Waals surface area contributed by atoms with Crippen molar-refractivity contribution in [1.29, 1.82) is 0 Å². The summed E-state index contributed by atoms with van der Waals surface area (Å²) >= 11 is 0. The van der Waals surface area contributed by atoms with Gasteiger partial charge >= 0.3 is 0 Å². The summed E-state index contributed by atoms with van der Waals surface area (Å²) in [5.74, 6) is 0.0981. The van der Waals surface area contributed by atoms with E-state index in [1.807, 2.05) is 36.1 Å². The van der Waals surface area contributed by atoms with Crippen molar-refractivity contribution < 1.29 is 9.59 Å². The number of nitrogens with zero attached hydrogens (tertiary/aromatic N) is 2. The number of carbonyl (C=O) groups is 2. The Hall–Kier alpha value is -2.62. The topological polar surface area (TPSA) is 40.6 Å². The molecular formula is C23H26N2O2. The van der Waals surface area contributed by atoms with Crippen molar-refractivity contribution in [3.05, 3.63) is 59.2 Å². The third-order valence-corrected chi connectivity index (χ3v) is 5.75. The third kappa shape index (κ3) is 3.61. The van der Waals surface area contributed by atoms with Gasteiger partial charge in [0.25, 0.3) is 0 Å². The molecular weight excluding hydrogens is 336 g/mol. The van der Waals surface area contributed by atoms with E-state index in [-0.39, 0.29) is 24.5 Å². The Kier molecular flexibility index (Phi) is 4.97. The highest BCUT2D eigenvalue weighted by Crippen LogP contribution is 2.34. The molecule has 2 heterocycles. The van der Waals surface area contributed by atoms with Gasteiger partial charge in [-0.05, 0) is 49.4 Å². The maximum atomic E-state index is 12.8. The molecule has 1 fully saturated rings. The van der Waals surface area contributed by atoms with Gasteiger partial charge in [-0.2, -0.15) is 0 Å². The molecule has 0 radical (unpaired) electrons. The van der Waals surface area contributed by atoms with Crippen LogP contribution < -0.4 is 9.80 Å². The molecule has 0 N–H and O–H groups in total. The van der Waals surface area contributed by atoms with E-state index in [2.05, 4.69) is 23.1 Å². The standard InChI is InChI=1S/C23H26N2O2/c1-17-6-2-3-7-20(17)22(26)10-11-23(27)25-15-12-18-8-9-19(16-21(18)25)24-13-4-5-14-24/h2-3,6-9,16H,4-5,10-15H2,1H3. The molecule has 0 unspecified atom stereocenters. The van der Waals surface area contributed by atoms with Crippen LogP contribution in [0.15, 0.2) is 42.5 Å². The largest absolute Gasteiger partial charge is 0.371 e. The third-order valence-electron chi connectivity index (χ3n) is 5.75. The molecule has 2 aliphatic rings. The van der Waals surface area contributed by atoms with Gasteiger partial charge in [-0.1, -0.05) is 30.3 Å². The minimum absolute atomic E-state index is 0.0479. The Morgan fingerprint density at radius 2 is 1.74 bits per heavy atom. The second kappa shape index (κ2) is 7.55. The minimum Gasteiger partial charge on any atom is -0.371 e. The quantitative estimate of drug-likeness (QED) is 0.751. The second-order valence-electron chi connectivity index (χ2n) is 7.54. The van der Waals surface area contributed by atoms with Crippen molar-refractivity contribution in [1.82, 2.24) is 0 Å². The first-order chi connectivity index (χ1) is 13.1. The summed E-state index contributed by atoms with van der Waals surface area (Å²) in [6, 6.07) is 14.1. The van der Waals surface area contributed by atoms with Gasteiger partial charge in [-0.25, -0.2) is 0 Å². The molecule has 4 nitrogen and oxygen atoms in total. The van der Waals surface area contributed by atoms with Gasteiger partial charge in [-0.3, -0.25) is 9.59 Å². The number of aryl methyl sites for hydroxylation is 1. The molecule has 1 amide bonds.